The van der Waals surface area contributed by atoms with Crippen LogP contribution in [0.25, 0.3) is 0 Å². The van der Waals surface area contributed by atoms with Gasteiger partial charge in [-0.15, -0.1) is 0 Å². The lowest BCUT2D eigenvalue weighted by molar-refractivity contribution is 0.227. The summed E-state index contributed by atoms with van der Waals surface area (Å²) in [7, 11) is 1.79. The van der Waals surface area contributed by atoms with E-state index in [1.807, 2.05) is 0 Å². The molecule has 1 heterocycles. The van der Waals surface area contributed by atoms with Crippen molar-refractivity contribution in [2.24, 2.45) is 10.9 Å². The van der Waals surface area contributed by atoms with E-state index in [9.17, 15) is 5.11 Å². The summed E-state index contributed by atoms with van der Waals surface area (Å²) >= 11 is 6.18. The molecule has 0 radical (unpaired) electrons. The van der Waals surface area contributed by atoms with E-state index in [0.717, 1.165) is 19.3 Å². The van der Waals surface area contributed by atoms with Gasteiger partial charge in [0.15, 0.2) is 5.15 Å². The van der Waals surface area contributed by atoms with Gasteiger partial charge in [-0.25, -0.2) is 4.98 Å². The third-order valence-corrected chi connectivity index (χ3v) is 4.25. The van der Waals surface area contributed by atoms with Crippen molar-refractivity contribution in [1.29, 1.82) is 0 Å². The lowest BCUT2D eigenvalue weighted by atomic mass is 10.1. The van der Waals surface area contributed by atoms with Crippen LogP contribution in [0.2, 0.25) is 5.15 Å². The van der Waals surface area contributed by atoms with E-state index in [1.54, 1.807) is 19.4 Å². The fourth-order valence-electron chi connectivity index (χ4n) is 2.72. The van der Waals surface area contributed by atoms with Crippen molar-refractivity contribution in [3.63, 3.8) is 0 Å². The molecule has 1 saturated carbocycles. The van der Waals surface area contributed by atoms with Crippen molar-refractivity contribution in [2.75, 3.05) is 19.4 Å². The molecule has 5 N–H and O–H groups in total. The number of aromatic nitrogens is 2. The van der Waals surface area contributed by atoms with Gasteiger partial charge in [0.2, 0.25) is 5.95 Å². The van der Waals surface area contributed by atoms with Crippen LogP contribution in [0.15, 0.2) is 17.4 Å². The molecule has 1 aromatic heterocycles. The Morgan fingerprint density at radius 1 is 1.44 bits per heavy atom. The zero-order valence-corrected chi connectivity index (χ0v) is 14.9. The zero-order valence-electron chi connectivity index (χ0n) is 14.2. The zero-order chi connectivity index (χ0) is 18.1. The highest BCUT2D eigenvalue weighted by Crippen LogP contribution is 2.25. The first-order valence-electron chi connectivity index (χ1n) is 8.15. The number of nitrogen functional groups attached to an aromatic ring is 1. The Bertz CT molecular complexity index is 694. The molecule has 0 spiro atoms. The van der Waals surface area contributed by atoms with Crippen molar-refractivity contribution >= 4 is 23.8 Å². The molecule has 25 heavy (non-hydrogen) atoms. The van der Waals surface area contributed by atoms with E-state index in [-0.39, 0.29) is 17.7 Å². The molecule has 2 unspecified atom stereocenters. The summed E-state index contributed by atoms with van der Waals surface area (Å²) in [6.45, 7) is 0.735. The summed E-state index contributed by atoms with van der Waals surface area (Å²) < 4.78 is 0. The molecule has 1 fully saturated rings. The second-order valence-corrected chi connectivity index (χ2v) is 6.14. The van der Waals surface area contributed by atoms with Gasteiger partial charge in [0.05, 0.1) is 17.5 Å². The number of hydrogen-bond donors (Lipinski definition) is 4. The van der Waals surface area contributed by atoms with E-state index >= 15 is 0 Å². The first-order chi connectivity index (χ1) is 12.1. The molecule has 1 aliphatic carbocycles. The molecule has 0 bridgehead atoms. The number of nitrogens with one attached hydrogen (secondary N) is 2. The van der Waals surface area contributed by atoms with Gasteiger partial charge >= 0.3 is 0 Å². The number of aliphatic hydroxyl groups is 1. The Kier molecular flexibility index (Phi) is 7.67. The number of nitrogens with zero attached hydrogens (tertiary/aromatic N) is 3. The molecule has 0 aliphatic heterocycles. The summed E-state index contributed by atoms with van der Waals surface area (Å²) in [5.41, 5.74) is 6.92. The summed E-state index contributed by atoms with van der Waals surface area (Å²) in [4.78, 5) is 12.2. The second kappa shape index (κ2) is 9.99. The minimum absolute atomic E-state index is 0.123. The Morgan fingerprint density at radius 3 is 3.00 bits per heavy atom. The third kappa shape index (κ3) is 6.02. The van der Waals surface area contributed by atoms with Crippen molar-refractivity contribution in [1.82, 2.24) is 20.6 Å². The van der Waals surface area contributed by atoms with Crippen LogP contribution in [-0.2, 0) is 6.54 Å². The largest absolute Gasteiger partial charge is 0.396 e. The maximum absolute atomic E-state index is 9.24. The molecular weight excluding hydrogens is 340 g/mol. The molecule has 8 heteroatoms. The normalized spacial score (nSPS) is 20.1. The second-order valence-electron chi connectivity index (χ2n) is 5.79. The average Bonchev–Trinajstić information content (AvgIpc) is 3.05. The van der Waals surface area contributed by atoms with Gasteiger partial charge in [0.25, 0.3) is 0 Å². The van der Waals surface area contributed by atoms with E-state index < -0.39 is 0 Å². The van der Waals surface area contributed by atoms with Crippen molar-refractivity contribution < 1.29 is 5.11 Å². The maximum Gasteiger partial charge on any atom is 0.221 e. The standard InChI is InChI=1S/C17H23ClN6O/c1-20-7-8-21-6-2-3-14-15(23-17(19)24-16(14)18)10-22-13-5-4-12(9-13)11-25/h6-8,12-13,20,22,25H,4-5,9-11H2,1H3,(H2,19,23,24)/b8-7-,21-6?. The minimum Gasteiger partial charge on any atom is -0.396 e. The highest BCUT2D eigenvalue weighted by atomic mass is 35.5. The maximum atomic E-state index is 9.24. The molecular formula is C17H23ClN6O. The predicted molar refractivity (Wildman–Crippen MR) is 100 cm³/mol. The Morgan fingerprint density at radius 2 is 2.28 bits per heavy atom. The molecule has 134 valence electrons. The van der Waals surface area contributed by atoms with Gasteiger partial charge in [0, 0.05) is 38.6 Å². The summed E-state index contributed by atoms with van der Waals surface area (Å²) in [5, 5.41) is 15.7. The lowest BCUT2D eigenvalue weighted by Gasteiger charge is -2.13. The first-order valence-corrected chi connectivity index (χ1v) is 8.53. The summed E-state index contributed by atoms with van der Waals surface area (Å²) in [5.74, 6) is 6.25. The van der Waals surface area contributed by atoms with Crippen molar-refractivity contribution in [2.45, 2.75) is 31.8 Å². The minimum atomic E-state index is 0.123. The van der Waals surface area contributed by atoms with Crippen LogP contribution in [-0.4, -0.2) is 41.0 Å². The van der Waals surface area contributed by atoms with E-state index in [0.29, 0.717) is 29.8 Å². The van der Waals surface area contributed by atoms with Crippen LogP contribution < -0.4 is 16.4 Å². The first kappa shape index (κ1) is 19.2. The van der Waals surface area contributed by atoms with Gasteiger partial charge in [-0.3, -0.25) is 4.99 Å². The van der Waals surface area contributed by atoms with Crippen LogP contribution in [0, 0.1) is 17.8 Å². The number of anilines is 1. The van der Waals surface area contributed by atoms with Gasteiger partial charge in [-0.2, -0.15) is 4.98 Å². The van der Waals surface area contributed by atoms with Gasteiger partial charge in [-0.05, 0) is 31.1 Å². The summed E-state index contributed by atoms with van der Waals surface area (Å²) in [6.07, 6.45) is 7.77. The summed E-state index contributed by atoms with van der Waals surface area (Å²) in [6, 6.07) is 0.348. The number of aliphatic imine (C=N–C) groups is 1. The molecule has 0 aromatic carbocycles. The Balaban J connectivity index is 2.07. The number of hydrogen-bond acceptors (Lipinski definition) is 7. The topological polar surface area (TPSA) is 108 Å². The number of rotatable bonds is 6. The SMILES string of the molecule is CN/C=C\N=CC#Cc1c(Cl)nc(N)nc1CNC1CCC(CO)C1. The Hall–Kier alpha value is -2.14. The highest BCUT2D eigenvalue weighted by Gasteiger charge is 2.24. The molecule has 0 saturated heterocycles. The number of aliphatic hydroxyl groups excluding tert-OH is 1. The van der Waals surface area contributed by atoms with Gasteiger partial charge in [0.1, 0.15) is 0 Å². The predicted octanol–water partition coefficient (Wildman–Crippen LogP) is 1.08. The van der Waals surface area contributed by atoms with Crippen LogP contribution in [0.4, 0.5) is 5.95 Å². The quantitative estimate of drug-likeness (QED) is 0.342. The number of halogens is 1. The lowest BCUT2D eigenvalue weighted by Crippen LogP contribution is -2.27. The average molecular weight is 363 g/mol. The molecule has 1 aromatic rings. The smallest absolute Gasteiger partial charge is 0.221 e. The number of nitrogens with two attached hydrogens (primary N) is 1. The van der Waals surface area contributed by atoms with Gasteiger partial charge in [-0.1, -0.05) is 17.5 Å². The monoisotopic (exact) mass is 362 g/mol. The van der Waals surface area contributed by atoms with Crippen LogP contribution in [0.3, 0.4) is 0 Å². The van der Waals surface area contributed by atoms with Crippen molar-refractivity contribution in [3.8, 4) is 11.8 Å². The third-order valence-electron chi connectivity index (χ3n) is 3.98. The highest BCUT2D eigenvalue weighted by molar-refractivity contribution is 6.30. The van der Waals surface area contributed by atoms with Gasteiger partial charge < -0.3 is 21.5 Å². The van der Waals surface area contributed by atoms with E-state index in [2.05, 4.69) is 37.4 Å². The van der Waals surface area contributed by atoms with Crippen LogP contribution >= 0.6 is 11.6 Å². The van der Waals surface area contributed by atoms with E-state index in [4.69, 9.17) is 17.3 Å². The van der Waals surface area contributed by atoms with Crippen molar-refractivity contribution in [3.05, 3.63) is 28.8 Å². The molecule has 2 atom stereocenters. The van der Waals surface area contributed by atoms with Crippen LogP contribution in [0.5, 0.6) is 0 Å². The Labute approximate surface area is 152 Å². The molecule has 2 rings (SSSR count). The molecule has 7 nitrogen and oxygen atoms in total. The van der Waals surface area contributed by atoms with E-state index in [1.165, 1.54) is 6.21 Å². The fourth-order valence-corrected chi connectivity index (χ4v) is 2.96. The molecule has 1 aliphatic rings. The fraction of sp³-hybridized carbons (Fsp3) is 0.471. The molecule has 0 amide bonds. The van der Waals surface area contributed by atoms with Crippen LogP contribution in [0.1, 0.15) is 30.5 Å².